The topological polar surface area (TPSA) is 58.2 Å². The van der Waals surface area contributed by atoms with Gasteiger partial charge in [-0.2, -0.15) is 0 Å². The van der Waals surface area contributed by atoms with Crippen molar-refractivity contribution in [1.29, 1.82) is 0 Å². The minimum absolute atomic E-state index is 0.187. The third-order valence-corrected chi connectivity index (χ3v) is 4.47. The largest absolute Gasteiger partial charge is 0.325 e. The molecule has 0 fully saturated rings. The Morgan fingerprint density at radius 3 is 2.55 bits per heavy atom. The second-order valence-corrected chi connectivity index (χ2v) is 7.18. The number of nitrogens with one attached hydrogen (secondary N) is 2. The van der Waals surface area contributed by atoms with Gasteiger partial charge in [-0.25, -0.2) is 0 Å². The number of carbonyl (C=O) groups excluding carboxylic acids is 2. The van der Waals surface area contributed by atoms with E-state index in [2.05, 4.69) is 33.2 Å². The van der Waals surface area contributed by atoms with Crippen molar-refractivity contribution in [2.24, 2.45) is 0 Å². The van der Waals surface area contributed by atoms with Crippen molar-refractivity contribution in [1.82, 2.24) is 0 Å². The molecular weight excluding hydrogens is 411 g/mol. The number of halogens is 2. The van der Waals surface area contributed by atoms with E-state index < -0.39 is 0 Å². The highest BCUT2D eigenvalue weighted by Gasteiger charge is 2.10. The van der Waals surface area contributed by atoms with Crippen LogP contribution < -0.4 is 10.6 Å². The number of thiophene rings is 1. The third kappa shape index (κ3) is 3.94. The van der Waals surface area contributed by atoms with Gasteiger partial charge in [0.1, 0.15) is 0 Å². The Bertz CT molecular complexity index is 672. The highest BCUT2D eigenvalue weighted by molar-refractivity contribution is 14.1. The zero-order chi connectivity index (χ0) is 14.7. The molecule has 104 valence electrons. The van der Waals surface area contributed by atoms with Crippen LogP contribution in [0, 0.1) is 2.88 Å². The first-order valence-electron chi connectivity index (χ1n) is 5.58. The Morgan fingerprint density at radius 2 is 2.00 bits per heavy atom. The molecule has 0 bridgehead atoms. The minimum atomic E-state index is -0.198. The van der Waals surface area contributed by atoms with Crippen molar-refractivity contribution in [3.8, 4) is 0 Å². The van der Waals surface area contributed by atoms with E-state index in [0.717, 1.165) is 2.88 Å². The standard InChI is InChI=1S/C13H10ClIN2O2S/c1-7(18)16-11-3-2-9(5-10(11)14)17-13(19)8-4-12(15)20-6-8/h2-6H,1H3,(H,16,18)(H,17,19). The number of hydrogen-bond donors (Lipinski definition) is 2. The fraction of sp³-hybridized carbons (Fsp3) is 0.0769. The fourth-order valence-electron chi connectivity index (χ4n) is 1.52. The molecule has 0 unspecified atom stereocenters. The maximum atomic E-state index is 12.0. The van der Waals surface area contributed by atoms with Crippen LogP contribution in [0.5, 0.6) is 0 Å². The lowest BCUT2D eigenvalue weighted by Gasteiger charge is -2.08. The van der Waals surface area contributed by atoms with E-state index in [0.29, 0.717) is 22.0 Å². The molecule has 2 amide bonds. The van der Waals surface area contributed by atoms with E-state index in [4.69, 9.17) is 11.6 Å². The lowest BCUT2D eigenvalue weighted by Crippen LogP contribution is -2.11. The summed E-state index contributed by atoms with van der Waals surface area (Å²) < 4.78 is 1.05. The molecule has 4 nitrogen and oxygen atoms in total. The number of hydrogen-bond acceptors (Lipinski definition) is 3. The Labute approximate surface area is 138 Å². The van der Waals surface area contributed by atoms with E-state index in [1.165, 1.54) is 18.3 Å². The summed E-state index contributed by atoms with van der Waals surface area (Å²) in [5, 5.41) is 7.53. The second-order valence-electron chi connectivity index (χ2n) is 3.97. The van der Waals surface area contributed by atoms with Gasteiger partial charge in [-0.15, -0.1) is 11.3 Å². The van der Waals surface area contributed by atoms with Gasteiger partial charge in [0.2, 0.25) is 5.91 Å². The molecule has 2 rings (SSSR count). The smallest absolute Gasteiger partial charge is 0.256 e. The summed E-state index contributed by atoms with van der Waals surface area (Å²) in [4.78, 5) is 23.0. The van der Waals surface area contributed by atoms with Crippen molar-refractivity contribution >= 4 is 68.7 Å². The molecule has 0 saturated heterocycles. The maximum Gasteiger partial charge on any atom is 0.256 e. The van der Waals surface area contributed by atoms with Crippen LogP contribution in [-0.2, 0) is 4.79 Å². The van der Waals surface area contributed by atoms with Crippen molar-refractivity contribution in [2.45, 2.75) is 6.92 Å². The summed E-state index contributed by atoms with van der Waals surface area (Å²) in [6.07, 6.45) is 0. The average Bonchev–Trinajstić information content (AvgIpc) is 2.79. The van der Waals surface area contributed by atoms with E-state index in [9.17, 15) is 9.59 Å². The van der Waals surface area contributed by atoms with E-state index in [1.807, 2.05) is 6.07 Å². The summed E-state index contributed by atoms with van der Waals surface area (Å²) in [6, 6.07) is 6.75. The van der Waals surface area contributed by atoms with Gasteiger partial charge >= 0.3 is 0 Å². The SMILES string of the molecule is CC(=O)Nc1ccc(NC(=O)c2csc(I)c2)cc1Cl. The van der Waals surface area contributed by atoms with Crippen LogP contribution in [0.3, 0.4) is 0 Å². The molecule has 1 aromatic heterocycles. The van der Waals surface area contributed by atoms with Gasteiger partial charge in [-0.1, -0.05) is 11.6 Å². The van der Waals surface area contributed by atoms with E-state index >= 15 is 0 Å². The molecule has 0 aliphatic heterocycles. The first-order valence-corrected chi connectivity index (χ1v) is 7.92. The van der Waals surface area contributed by atoms with Gasteiger partial charge in [-0.05, 0) is 46.9 Å². The zero-order valence-corrected chi connectivity index (χ0v) is 14.1. The molecule has 0 aliphatic rings. The molecule has 7 heteroatoms. The van der Waals surface area contributed by atoms with Crippen molar-refractivity contribution < 1.29 is 9.59 Å². The first kappa shape index (κ1) is 15.3. The number of anilines is 2. The van der Waals surface area contributed by atoms with Crippen molar-refractivity contribution in [3.63, 3.8) is 0 Å². The Balaban J connectivity index is 2.12. The number of amides is 2. The van der Waals surface area contributed by atoms with Crippen LogP contribution in [0.2, 0.25) is 5.02 Å². The summed E-state index contributed by atoms with van der Waals surface area (Å²) in [7, 11) is 0. The first-order chi connectivity index (χ1) is 9.45. The fourth-order valence-corrected chi connectivity index (χ4v) is 3.07. The Morgan fingerprint density at radius 1 is 1.25 bits per heavy atom. The Hall–Kier alpha value is -1.12. The van der Waals surface area contributed by atoms with Gasteiger partial charge in [0.25, 0.3) is 5.91 Å². The van der Waals surface area contributed by atoms with Crippen LogP contribution in [0.25, 0.3) is 0 Å². The second kappa shape index (κ2) is 6.55. The summed E-state index contributed by atoms with van der Waals surface area (Å²) in [6.45, 7) is 1.41. The van der Waals surface area contributed by atoms with Crippen LogP contribution >= 0.6 is 45.5 Å². The molecule has 2 N–H and O–H groups in total. The molecule has 0 aliphatic carbocycles. The molecule has 0 spiro atoms. The Kier molecular flexibility index (Phi) is 5.00. The van der Waals surface area contributed by atoms with Crippen LogP contribution in [0.1, 0.15) is 17.3 Å². The molecule has 20 heavy (non-hydrogen) atoms. The van der Waals surface area contributed by atoms with Gasteiger partial charge in [-0.3, -0.25) is 9.59 Å². The highest BCUT2D eigenvalue weighted by Crippen LogP contribution is 2.26. The lowest BCUT2D eigenvalue weighted by molar-refractivity contribution is -0.114. The van der Waals surface area contributed by atoms with E-state index in [1.54, 1.807) is 23.6 Å². The quantitative estimate of drug-likeness (QED) is 0.731. The molecular formula is C13H10ClIN2O2S. The number of rotatable bonds is 3. The third-order valence-electron chi connectivity index (χ3n) is 2.37. The lowest BCUT2D eigenvalue weighted by atomic mass is 10.2. The predicted molar refractivity (Wildman–Crippen MR) is 90.7 cm³/mol. The van der Waals surface area contributed by atoms with Crippen molar-refractivity contribution in [3.05, 3.63) is 43.1 Å². The van der Waals surface area contributed by atoms with Crippen LogP contribution in [0.15, 0.2) is 29.6 Å². The average molecular weight is 421 g/mol. The zero-order valence-electron chi connectivity index (χ0n) is 10.4. The molecule has 0 radical (unpaired) electrons. The number of benzene rings is 1. The maximum absolute atomic E-state index is 12.0. The molecule has 0 saturated carbocycles. The van der Waals surface area contributed by atoms with Crippen LogP contribution in [0.4, 0.5) is 11.4 Å². The van der Waals surface area contributed by atoms with E-state index in [-0.39, 0.29) is 11.8 Å². The normalized spacial score (nSPS) is 10.2. The molecule has 1 aromatic carbocycles. The van der Waals surface area contributed by atoms with Gasteiger partial charge in [0.15, 0.2) is 0 Å². The molecule has 1 heterocycles. The predicted octanol–water partition coefficient (Wildman–Crippen LogP) is 4.22. The highest BCUT2D eigenvalue weighted by atomic mass is 127. The van der Waals surface area contributed by atoms with Crippen LogP contribution in [-0.4, -0.2) is 11.8 Å². The van der Waals surface area contributed by atoms with Gasteiger partial charge in [0.05, 0.1) is 19.2 Å². The summed E-state index contributed by atoms with van der Waals surface area (Å²) >= 11 is 9.71. The molecule has 2 aromatic rings. The number of carbonyl (C=O) groups is 2. The monoisotopic (exact) mass is 420 g/mol. The minimum Gasteiger partial charge on any atom is -0.325 e. The van der Waals surface area contributed by atoms with Gasteiger partial charge in [0, 0.05) is 18.0 Å². The van der Waals surface area contributed by atoms with Gasteiger partial charge < -0.3 is 10.6 Å². The molecule has 0 atom stereocenters. The summed E-state index contributed by atoms with van der Waals surface area (Å²) in [5.74, 6) is -0.385. The summed E-state index contributed by atoms with van der Waals surface area (Å²) in [5.41, 5.74) is 1.71. The van der Waals surface area contributed by atoms with Crippen molar-refractivity contribution in [2.75, 3.05) is 10.6 Å².